The van der Waals surface area contributed by atoms with Crippen LogP contribution < -0.4 is 5.32 Å². The summed E-state index contributed by atoms with van der Waals surface area (Å²) in [5.41, 5.74) is 2.60. The van der Waals surface area contributed by atoms with Crippen molar-refractivity contribution in [2.75, 3.05) is 19.5 Å². The third-order valence-corrected chi connectivity index (χ3v) is 7.40. The van der Waals surface area contributed by atoms with E-state index in [4.69, 9.17) is 9.47 Å². The molecule has 0 amide bonds. The van der Waals surface area contributed by atoms with Crippen molar-refractivity contribution >= 4 is 41.2 Å². The van der Waals surface area contributed by atoms with Gasteiger partial charge in [0, 0.05) is 17.5 Å². The number of carbonyl (C=O) groups is 3. The van der Waals surface area contributed by atoms with Crippen molar-refractivity contribution in [3.05, 3.63) is 129 Å². The van der Waals surface area contributed by atoms with Crippen molar-refractivity contribution in [2.24, 2.45) is 0 Å². The number of hydrogen-bond donors (Lipinski definition) is 1. The van der Waals surface area contributed by atoms with Crippen molar-refractivity contribution in [2.45, 2.75) is 6.04 Å². The van der Waals surface area contributed by atoms with Crippen LogP contribution in [0.5, 0.6) is 0 Å². The Kier molecular flexibility index (Phi) is 7.33. The Hall–Kier alpha value is -4.63. The normalized spacial score (nSPS) is 16.2. The molecule has 1 atom stereocenters. The van der Waals surface area contributed by atoms with Crippen molar-refractivity contribution in [3.8, 4) is 0 Å². The van der Waals surface area contributed by atoms with Crippen LogP contribution in [0.1, 0.15) is 27.5 Å². The van der Waals surface area contributed by atoms with E-state index in [9.17, 15) is 18.8 Å². The number of carbonyl (C=O) groups excluding carboxylic acids is 3. The largest absolute Gasteiger partial charge is 0.466 e. The number of methoxy groups -OCH3 is 2. The number of rotatable bonds is 6. The van der Waals surface area contributed by atoms with Crippen LogP contribution in [0, 0.1) is 5.82 Å². The van der Waals surface area contributed by atoms with Crippen LogP contribution in [0.15, 0.2) is 106 Å². The molecule has 0 saturated heterocycles. The molecule has 3 aromatic rings. The molecule has 1 N–H and O–H groups in total. The van der Waals surface area contributed by atoms with Crippen LogP contribution in [-0.4, -0.2) is 36.8 Å². The molecule has 196 valence electrons. The number of halogens is 1. The maximum atomic E-state index is 14.2. The van der Waals surface area contributed by atoms with Crippen LogP contribution in [0.25, 0.3) is 6.08 Å². The van der Waals surface area contributed by atoms with E-state index in [0.29, 0.717) is 16.8 Å². The second kappa shape index (κ2) is 11.0. The molecule has 0 fully saturated rings. The van der Waals surface area contributed by atoms with Crippen molar-refractivity contribution < 1.29 is 28.2 Å². The molecule has 2 aliphatic rings. The Morgan fingerprint density at radius 3 is 2.23 bits per heavy atom. The minimum absolute atomic E-state index is 0.0282. The van der Waals surface area contributed by atoms with Crippen LogP contribution in [-0.2, 0) is 19.1 Å². The van der Waals surface area contributed by atoms with E-state index >= 15 is 0 Å². The lowest BCUT2D eigenvalue weighted by molar-refractivity contribution is -0.139. The summed E-state index contributed by atoms with van der Waals surface area (Å²) < 4.78 is 23.9. The molecule has 0 radical (unpaired) electrons. The highest BCUT2D eigenvalue weighted by molar-refractivity contribution is 8.07. The van der Waals surface area contributed by atoms with Gasteiger partial charge in [0.2, 0.25) is 5.78 Å². The third-order valence-electron chi connectivity index (χ3n) is 6.31. The molecule has 2 aliphatic heterocycles. The number of fused-ring (bicyclic) bond motifs is 3. The van der Waals surface area contributed by atoms with E-state index in [1.807, 2.05) is 30.3 Å². The average Bonchev–Trinajstić information content (AvgIpc) is 3.12. The Morgan fingerprint density at radius 2 is 1.54 bits per heavy atom. The van der Waals surface area contributed by atoms with Crippen LogP contribution in [0.2, 0.25) is 0 Å². The summed E-state index contributed by atoms with van der Waals surface area (Å²) in [5.74, 6) is -2.28. The van der Waals surface area contributed by atoms with E-state index in [-0.39, 0.29) is 27.0 Å². The first-order chi connectivity index (χ1) is 18.9. The van der Waals surface area contributed by atoms with E-state index in [2.05, 4.69) is 5.32 Å². The number of anilines is 1. The quantitative estimate of drug-likeness (QED) is 0.315. The fraction of sp³-hybridized carbons (Fsp3) is 0.100. The molecule has 2 heterocycles. The van der Waals surface area contributed by atoms with E-state index in [1.165, 1.54) is 38.5 Å². The van der Waals surface area contributed by atoms with Gasteiger partial charge in [0.1, 0.15) is 21.4 Å². The summed E-state index contributed by atoms with van der Waals surface area (Å²) in [6.45, 7) is 0. The van der Waals surface area contributed by atoms with Crippen molar-refractivity contribution in [1.29, 1.82) is 0 Å². The predicted octanol–water partition coefficient (Wildman–Crippen LogP) is 5.66. The Bertz CT molecular complexity index is 1550. The Morgan fingerprint density at radius 1 is 0.872 bits per heavy atom. The maximum absolute atomic E-state index is 14.2. The first kappa shape index (κ1) is 26.0. The fourth-order valence-corrected chi connectivity index (χ4v) is 5.65. The predicted molar refractivity (Wildman–Crippen MR) is 147 cm³/mol. The Balaban J connectivity index is 1.81. The average molecular weight is 543 g/mol. The SMILES string of the molecule is COC(=O)C1=C(C(=O)OC)C2c3ccccc3C=CN2C(C(=O)c2ccccc2)=C(Nc2ccc(F)cc2)S1. The third kappa shape index (κ3) is 4.96. The standard InChI is InChI=1S/C30H23FN2O5S/c1-37-29(35)23-24-22-11-7-6-8-18(22)16-17-33(24)25(26(34)19-9-4-3-5-10-19)28(39-27(23)30(36)38-2)32-21-14-12-20(31)13-15-21/h3-17,24,32H,1-2H3. The number of nitrogens with one attached hydrogen (secondary N) is 1. The molecule has 0 aromatic heterocycles. The zero-order valence-corrected chi connectivity index (χ0v) is 21.8. The highest BCUT2D eigenvalue weighted by atomic mass is 32.2. The number of thioether (sulfide) groups is 1. The molecule has 1 unspecified atom stereocenters. The molecule has 3 aromatic carbocycles. The van der Waals surface area contributed by atoms with Crippen LogP contribution >= 0.6 is 11.8 Å². The highest BCUT2D eigenvalue weighted by Crippen LogP contribution is 2.48. The van der Waals surface area contributed by atoms with Gasteiger partial charge in [-0.25, -0.2) is 14.0 Å². The minimum Gasteiger partial charge on any atom is -0.466 e. The second-order valence-electron chi connectivity index (χ2n) is 8.59. The lowest BCUT2D eigenvalue weighted by Gasteiger charge is -2.36. The van der Waals surface area contributed by atoms with Gasteiger partial charge in [-0.1, -0.05) is 66.4 Å². The molecule has 0 saturated carbocycles. The maximum Gasteiger partial charge on any atom is 0.345 e. The summed E-state index contributed by atoms with van der Waals surface area (Å²) in [7, 11) is 2.45. The summed E-state index contributed by atoms with van der Waals surface area (Å²) >= 11 is 0.890. The fourth-order valence-electron chi connectivity index (χ4n) is 4.51. The van der Waals surface area contributed by atoms with E-state index < -0.39 is 23.8 Å². The monoisotopic (exact) mass is 542 g/mol. The van der Waals surface area contributed by atoms with Crippen LogP contribution in [0.3, 0.4) is 0 Å². The van der Waals surface area contributed by atoms with Gasteiger partial charge in [-0.05, 0) is 41.5 Å². The van der Waals surface area contributed by atoms with E-state index in [1.54, 1.807) is 41.4 Å². The topological polar surface area (TPSA) is 84.9 Å². The second-order valence-corrected chi connectivity index (χ2v) is 9.61. The molecule has 0 spiro atoms. The minimum atomic E-state index is -0.879. The number of benzene rings is 3. The van der Waals surface area contributed by atoms with Crippen molar-refractivity contribution in [1.82, 2.24) is 4.90 Å². The lowest BCUT2D eigenvalue weighted by atomic mass is 9.89. The molecule has 0 aliphatic carbocycles. The van der Waals surface area contributed by atoms with Crippen molar-refractivity contribution in [3.63, 3.8) is 0 Å². The zero-order chi connectivity index (χ0) is 27.5. The van der Waals surface area contributed by atoms with Gasteiger partial charge < -0.3 is 19.7 Å². The number of nitrogens with zero attached hydrogens (tertiary/aromatic N) is 1. The van der Waals surface area contributed by atoms with Gasteiger partial charge in [0.15, 0.2) is 0 Å². The summed E-state index contributed by atoms with van der Waals surface area (Å²) in [4.78, 5) is 42.3. The molecular formula is C30H23FN2O5S. The lowest BCUT2D eigenvalue weighted by Crippen LogP contribution is -2.34. The number of esters is 2. The first-order valence-electron chi connectivity index (χ1n) is 11.9. The molecule has 0 bridgehead atoms. The molecule has 7 nitrogen and oxygen atoms in total. The van der Waals surface area contributed by atoms with E-state index in [0.717, 1.165) is 17.3 Å². The first-order valence-corrected chi connectivity index (χ1v) is 12.7. The number of hydrogen-bond acceptors (Lipinski definition) is 8. The number of ether oxygens (including phenoxy) is 2. The Labute approximate surface area is 228 Å². The number of Topliss-reactive ketones (excluding diaryl/α,β-unsaturated/α-hetero) is 1. The summed E-state index contributed by atoms with van der Waals surface area (Å²) in [6, 6.07) is 20.8. The molecule has 9 heteroatoms. The summed E-state index contributed by atoms with van der Waals surface area (Å²) in [5, 5.41) is 3.43. The van der Waals surface area contributed by atoms with Crippen LogP contribution in [0.4, 0.5) is 10.1 Å². The summed E-state index contributed by atoms with van der Waals surface area (Å²) in [6.07, 6.45) is 3.54. The van der Waals surface area contributed by atoms with Gasteiger partial charge >= 0.3 is 11.9 Å². The van der Waals surface area contributed by atoms with Gasteiger partial charge in [0.05, 0.1) is 25.8 Å². The molecular weight excluding hydrogens is 519 g/mol. The highest BCUT2D eigenvalue weighted by Gasteiger charge is 2.43. The number of allylic oxidation sites excluding steroid dienone is 1. The smallest absolute Gasteiger partial charge is 0.345 e. The molecule has 39 heavy (non-hydrogen) atoms. The van der Waals surface area contributed by atoms with Gasteiger partial charge in [-0.2, -0.15) is 0 Å². The number of ketones is 1. The van der Waals surface area contributed by atoms with Gasteiger partial charge in [-0.15, -0.1) is 0 Å². The zero-order valence-electron chi connectivity index (χ0n) is 21.0. The molecule has 5 rings (SSSR count). The van der Waals surface area contributed by atoms with Gasteiger partial charge in [0.25, 0.3) is 0 Å². The van der Waals surface area contributed by atoms with Gasteiger partial charge in [-0.3, -0.25) is 4.79 Å².